The largest absolute Gasteiger partial charge is 0.337 e. The molecule has 1 aliphatic rings. The van der Waals surface area contributed by atoms with E-state index in [0.717, 1.165) is 37.7 Å². The van der Waals surface area contributed by atoms with Crippen molar-refractivity contribution in [3.8, 4) is 17.5 Å². The third-order valence-electron chi connectivity index (χ3n) is 4.45. The third-order valence-corrected chi connectivity index (χ3v) is 5.41. The van der Waals surface area contributed by atoms with E-state index >= 15 is 0 Å². The number of H-pyrrole nitrogens is 1. The molecule has 1 aromatic carbocycles. The summed E-state index contributed by atoms with van der Waals surface area (Å²) in [5.41, 5.74) is 0.239. The first-order valence-corrected chi connectivity index (χ1v) is 9.38. The second kappa shape index (κ2) is 7.70. The van der Waals surface area contributed by atoms with Crippen molar-refractivity contribution in [1.82, 2.24) is 20.5 Å². The summed E-state index contributed by atoms with van der Waals surface area (Å²) in [4.78, 5) is 16.9. The molecule has 1 aromatic heterocycles. The van der Waals surface area contributed by atoms with Gasteiger partial charge in [0, 0.05) is 5.56 Å². The molecule has 0 saturated heterocycles. The van der Waals surface area contributed by atoms with Crippen LogP contribution >= 0.6 is 11.8 Å². The number of rotatable bonds is 5. The SMILES string of the molecule is C[C@H](Sc1n[nH]c(-c2ccccc2)n1)C(=O)NC1(C#N)CCCCC1. The summed E-state index contributed by atoms with van der Waals surface area (Å²) in [7, 11) is 0. The van der Waals surface area contributed by atoms with Crippen LogP contribution in [0.15, 0.2) is 35.5 Å². The second-order valence-corrected chi connectivity index (χ2v) is 7.64. The van der Waals surface area contributed by atoms with E-state index in [-0.39, 0.29) is 11.2 Å². The van der Waals surface area contributed by atoms with Crippen molar-refractivity contribution in [3.63, 3.8) is 0 Å². The molecule has 1 atom stereocenters. The molecule has 1 saturated carbocycles. The van der Waals surface area contributed by atoms with Gasteiger partial charge in [0.2, 0.25) is 11.1 Å². The zero-order valence-electron chi connectivity index (χ0n) is 14.2. The predicted octanol–water partition coefficient (Wildman–Crippen LogP) is 3.29. The summed E-state index contributed by atoms with van der Waals surface area (Å²) >= 11 is 1.29. The van der Waals surface area contributed by atoms with E-state index in [9.17, 15) is 10.1 Å². The summed E-state index contributed by atoms with van der Waals surface area (Å²) in [6, 6.07) is 12.0. The Hall–Kier alpha value is -2.33. The standard InChI is InChI=1S/C18H21N5OS/c1-13(16(24)21-18(12-19)10-6-3-7-11-18)25-17-20-15(22-23-17)14-8-4-2-5-9-14/h2,4-5,8-9,13H,3,6-7,10-11H2,1H3,(H,21,24)(H,20,22,23)/t13-/m0/s1. The van der Waals surface area contributed by atoms with Gasteiger partial charge in [-0.2, -0.15) is 5.26 Å². The molecule has 0 bridgehead atoms. The van der Waals surface area contributed by atoms with Crippen molar-refractivity contribution in [2.45, 2.75) is 55.0 Å². The number of hydrogen-bond acceptors (Lipinski definition) is 5. The first kappa shape index (κ1) is 17.5. The average molecular weight is 355 g/mol. The van der Waals surface area contributed by atoms with E-state index < -0.39 is 5.54 Å². The lowest BCUT2D eigenvalue weighted by Gasteiger charge is -2.32. The highest BCUT2D eigenvalue weighted by Gasteiger charge is 2.35. The molecule has 7 heteroatoms. The van der Waals surface area contributed by atoms with Crippen molar-refractivity contribution in [1.29, 1.82) is 5.26 Å². The van der Waals surface area contributed by atoms with Gasteiger partial charge in [-0.05, 0) is 19.8 Å². The van der Waals surface area contributed by atoms with E-state index in [1.807, 2.05) is 37.3 Å². The minimum absolute atomic E-state index is 0.139. The zero-order valence-corrected chi connectivity index (χ0v) is 15.0. The molecule has 1 heterocycles. The van der Waals surface area contributed by atoms with Gasteiger partial charge in [0.25, 0.3) is 0 Å². The van der Waals surface area contributed by atoms with Crippen LogP contribution in [0.5, 0.6) is 0 Å². The number of thioether (sulfide) groups is 1. The van der Waals surface area contributed by atoms with Crippen LogP contribution in [0.25, 0.3) is 11.4 Å². The van der Waals surface area contributed by atoms with Crippen molar-refractivity contribution in [2.75, 3.05) is 0 Å². The van der Waals surface area contributed by atoms with Crippen LogP contribution in [0.2, 0.25) is 0 Å². The third kappa shape index (κ3) is 4.20. The van der Waals surface area contributed by atoms with Crippen molar-refractivity contribution in [3.05, 3.63) is 30.3 Å². The second-order valence-electron chi connectivity index (χ2n) is 6.34. The lowest BCUT2D eigenvalue weighted by atomic mass is 9.83. The van der Waals surface area contributed by atoms with Crippen LogP contribution < -0.4 is 5.32 Å². The van der Waals surface area contributed by atoms with Crippen LogP contribution in [0.4, 0.5) is 0 Å². The molecule has 1 fully saturated rings. The number of aromatic nitrogens is 3. The van der Waals surface area contributed by atoms with Gasteiger partial charge in [0.15, 0.2) is 5.82 Å². The normalized spacial score (nSPS) is 17.4. The summed E-state index contributed by atoms with van der Waals surface area (Å²) < 4.78 is 0. The van der Waals surface area contributed by atoms with Gasteiger partial charge in [-0.1, -0.05) is 61.4 Å². The lowest BCUT2D eigenvalue weighted by molar-refractivity contribution is -0.121. The summed E-state index contributed by atoms with van der Waals surface area (Å²) in [5.74, 6) is 0.538. The van der Waals surface area contributed by atoms with Gasteiger partial charge in [0.05, 0.1) is 11.3 Å². The molecule has 25 heavy (non-hydrogen) atoms. The highest BCUT2D eigenvalue weighted by Crippen LogP contribution is 2.29. The van der Waals surface area contributed by atoms with Gasteiger partial charge in [-0.15, -0.1) is 5.10 Å². The first-order chi connectivity index (χ1) is 12.1. The Morgan fingerprint density at radius 3 is 2.72 bits per heavy atom. The number of nitrogens with zero attached hydrogens (tertiary/aromatic N) is 3. The maximum absolute atomic E-state index is 12.5. The van der Waals surface area contributed by atoms with Crippen LogP contribution in [-0.4, -0.2) is 31.9 Å². The maximum Gasteiger partial charge on any atom is 0.234 e. The number of carbonyl (C=O) groups is 1. The molecular formula is C18H21N5OS. The van der Waals surface area contributed by atoms with Crippen molar-refractivity contribution in [2.24, 2.45) is 0 Å². The number of amides is 1. The highest BCUT2D eigenvalue weighted by atomic mass is 32.2. The fourth-order valence-electron chi connectivity index (χ4n) is 2.99. The van der Waals surface area contributed by atoms with E-state index in [0.29, 0.717) is 11.0 Å². The Bertz CT molecular complexity index is 761. The van der Waals surface area contributed by atoms with Gasteiger partial charge in [-0.25, -0.2) is 4.98 Å². The number of nitriles is 1. The number of carbonyl (C=O) groups excluding carboxylic acids is 1. The minimum Gasteiger partial charge on any atom is -0.337 e. The molecule has 0 radical (unpaired) electrons. The number of aromatic amines is 1. The van der Waals surface area contributed by atoms with E-state index in [1.54, 1.807) is 0 Å². The summed E-state index contributed by atoms with van der Waals surface area (Å²) in [6.45, 7) is 1.81. The van der Waals surface area contributed by atoms with Crippen LogP contribution in [0.1, 0.15) is 39.0 Å². The quantitative estimate of drug-likeness (QED) is 0.803. The summed E-state index contributed by atoms with van der Waals surface area (Å²) in [5, 5.41) is 19.7. The summed E-state index contributed by atoms with van der Waals surface area (Å²) in [6.07, 6.45) is 4.55. The Morgan fingerprint density at radius 2 is 2.04 bits per heavy atom. The van der Waals surface area contributed by atoms with Crippen LogP contribution in [0, 0.1) is 11.3 Å². The maximum atomic E-state index is 12.5. The number of hydrogen-bond donors (Lipinski definition) is 2. The number of benzene rings is 1. The van der Waals surface area contributed by atoms with Gasteiger partial charge >= 0.3 is 0 Å². The topological polar surface area (TPSA) is 94.5 Å². The van der Waals surface area contributed by atoms with Crippen LogP contribution in [-0.2, 0) is 4.79 Å². The van der Waals surface area contributed by atoms with E-state index in [2.05, 4.69) is 26.6 Å². The van der Waals surface area contributed by atoms with Gasteiger partial charge < -0.3 is 5.32 Å². The molecule has 2 aromatic rings. The average Bonchev–Trinajstić information content (AvgIpc) is 3.11. The zero-order chi connectivity index (χ0) is 17.7. The Balaban J connectivity index is 1.62. The van der Waals surface area contributed by atoms with Gasteiger partial charge in [0.1, 0.15) is 5.54 Å². The van der Waals surface area contributed by atoms with Crippen molar-refractivity contribution >= 4 is 17.7 Å². The van der Waals surface area contributed by atoms with Crippen LogP contribution in [0.3, 0.4) is 0 Å². The molecule has 0 spiro atoms. The monoisotopic (exact) mass is 355 g/mol. The Kier molecular flexibility index (Phi) is 5.39. The minimum atomic E-state index is -0.710. The smallest absolute Gasteiger partial charge is 0.234 e. The lowest BCUT2D eigenvalue weighted by Crippen LogP contribution is -2.50. The molecule has 130 valence electrons. The molecule has 1 aliphatic carbocycles. The predicted molar refractivity (Wildman–Crippen MR) is 96.7 cm³/mol. The molecule has 6 nitrogen and oxygen atoms in total. The molecular weight excluding hydrogens is 334 g/mol. The van der Waals surface area contributed by atoms with E-state index in [4.69, 9.17) is 0 Å². The Labute approximate surface area is 151 Å². The Morgan fingerprint density at radius 1 is 1.32 bits per heavy atom. The molecule has 0 aliphatic heterocycles. The highest BCUT2D eigenvalue weighted by molar-refractivity contribution is 8.00. The molecule has 3 rings (SSSR count). The first-order valence-electron chi connectivity index (χ1n) is 8.50. The van der Waals surface area contributed by atoms with E-state index in [1.165, 1.54) is 11.8 Å². The molecule has 2 N–H and O–H groups in total. The van der Waals surface area contributed by atoms with Gasteiger partial charge in [-0.3, -0.25) is 9.89 Å². The number of nitrogens with one attached hydrogen (secondary N) is 2. The molecule has 1 amide bonds. The van der Waals surface area contributed by atoms with Crippen molar-refractivity contribution < 1.29 is 4.79 Å². The fourth-order valence-corrected chi connectivity index (χ4v) is 3.72. The molecule has 0 unspecified atom stereocenters. The fraction of sp³-hybridized carbons (Fsp3) is 0.444.